The summed E-state index contributed by atoms with van der Waals surface area (Å²) in [7, 11) is 0. The minimum absolute atomic E-state index is 0.725. The second-order valence-corrected chi connectivity index (χ2v) is 4.75. The van der Waals surface area contributed by atoms with Gasteiger partial charge in [-0.25, -0.2) is 0 Å². The fraction of sp³-hybridized carbons (Fsp3) is 1.00. The zero-order valence-electron chi connectivity index (χ0n) is 7.15. The Hall–Kier alpha value is 0.350. The quantitative estimate of drug-likeness (QED) is 0.607. The van der Waals surface area contributed by atoms with E-state index in [1.807, 2.05) is 11.8 Å². The van der Waals surface area contributed by atoms with Crippen molar-refractivity contribution in [3.05, 3.63) is 0 Å². The molecule has 0 atom stereocenters. The van der Waals surface area contributed by atoms with Crippen LogP contribution in [0.3, 0.4) is 0 Å². The predicted octanol–water partition coefficient (Wildman–Crippen LogP) is 3.32. The standard InChI is InChI=1S/C9H18S/c1-9(7-8-10-2)5-3-4-6-9/h3-8H2,1-2H3. The Balaban J connectivity index is 2.22. The SMILES string of the molecule is CSCCC1(C)CCCC1. The largest absolute Gasteiger partial charge is 0.165 e. The molecule has 0 aromatic carbocycles. The van der Waals surface area contributed by atoms with Crippen molar-refractivity contribution in [3.63, 3.8) is 0 Å². The van der Waals surface area contributed by atoms with Gasteiger partial charge in [0.15, 0.2) is 0 Å². The van der Waals surface area contributed by atoms with Crippen molar-refractivity contribution in [2.75, 3.05) is 12.0 Å². The van der Waals surface area contributed by atoms with Gasteiger partial charge in [-0.15, -0.1) is 0 Å². The van der Waals surface area contributed by atoms with E-state index in [0.29, 0.717) is 0 Å². The molecule has 0 saturated heterocycles. The first-order valence-electron chi connectivity index (χ1n) is 4.26. The molecule has 0 N–H and O–H groups in total. The summed E-state index contributed by atoms with van der Waals surface area (Å²) < 4.78 is 0. The van der Waals surface area contributed by atoms with Crippen molar-refractivity contribution in [1.29, 1.82) is 0 Å². The van der Waals surface area contributed by atoms with Crippen LogP contribution in [0.15, 0.2) is 0 Å². The summed E-state index contributed by atoms with van der Waals surface area (Å²) in [5.74, 6) is 1.36. The molecule has 0 amide bonds. The van der Waals surface area contributed by atoms with Crippen LogP contribution in [0, 0.1) is 5.41 Å². The fourth-order valence-corrected chi connectivity index (χ4v) is 2.52. The van der Waals surface area contributed by atoms with Crippen LogP contribution in [0.2, 0.25) is 0 Å². The molecule has 1 aliphatic carbocycles. The zero-order valence-corrected chi connectivity index (χ0v) is 7.97. The molecule has 1 rings (SSSR count). The molecular formula is C9H18S. The van der Waals surface area contributed by atoms with Gasteiger partial charge in [-0.3, -0.25) is 0 Å². The van der Waals surface area contributed by atoms with E-state index < -0.39 is 0 Å². The third-order valence-electron chi connectivity index (χ3n) is 2.72. The molecule has 0 spiro atoms. The van der Waals surface area contributed by atoms with Gasteiger partial charge < -0.3 is 0 Å². The molecule has 1 aliphatic rings. The Labute approximate surface area is 68.8 Å². The molecule has 10 heavy (non-hydrogen) atoms. The van der Waals surface area contributed by atoms with Crippen LogP contribution in [0.1, 0.15) is 39.0 Å². The van der Waals surface area contributed by atoms with Crippen LogP contribution in [0.5, 0.6) is 0 Å². The fourth-order valence-electron chi connectivity index (χ4n) is 1.83. The normalized spacial score (nSPS) is 23.4. The van der Waals surface area contributed by atoms with E-state index in [1.54, 1.807) is 0 Å². The lowest BCUT2D eigenvalue weighted by atomic mass is 9.86. The first kappa shape index (κ1) is 8.45. The molecule has 0 aromatic rings. The average molecular weight is 158 g/mol. The second-order valence-electron chi connectivity index (χ2n) is 3.76. The van der Waals surface area contributed by atoms with Crippen molar-refractivity contribution < 1.29 is 0 Å². The molecule has 0 unspecified atom stereocenters. The molecule has 0 aromatic heterocycles. The van der Waals surface area contributed by atoms with Crippen LogP contribution in [0.25, 0.3) is 0 Å². The van der Waals surface area contributed by atoms with Gasteiger partial charge in [0.25, 0.3) is 0 Å². The van der Waals surface area contributed by atoms with Crippen molar-refractivity contribution in [2.45, 2.75) is 39.0 Å². The Morgan fingerprint density at radius 3 is 2.40 bits per heavy atom. The number of hydrogen-bond acceptors (Lipinski definition) is 1. The molecule has 0 heterocycles. The lowest BCUT2D eigenvalue weighted by molar-refractivity contribution is 0.327. The summed E-state index contributed by atoms with van der Waals surface area (Å²) >= 11 is 1.99. The Bertz CT molecular complexity index is 92.9. The van der Waals surface area contributed by atoms with Gasteiger partial charge in [-0.05, 0) is 36.7 Å². The van der Waals surface area contributed by atoms with E-state index >= 15 is 0 Å². The monoisotopic (exact) mass is 158 g/mol. The molecular weight excluding hydrogens is 140 g/mol. The first-order chi connectivity index (χ1) is 4.77. The van der Waals surface area contributed by atoms with Gasteiger partial charge in [0.2, 0.25) is 0 Å². The lowest BCUT2D eigenvalue weighted by Crippen LogP contribution is -2.11. The summed E-state index contributed by atoms with van der Waals surface area (Å²) in [4.78, 5) is 0. The van der Waals surface area contributed by atoms with Crippen LogP contribution in [0.4, 0.5) is 0 Å². The van der Waals surface area contributed by atoms with Gasteiger partial charge in [0.05, 0.1) is 0 Å². The van der Waals surface area contributed by atoms with Crippen molar-refractivity contribution >= 4 is 11.8 Å². The topological polar surface area (TPSA) is 0 Å². The van der Waals surface area contributed by atoms with Crippen LogP contribution in [-0.2, 0) is 0 Å². The van der Waals surface area contributed by atoms with Gasteiger partial charge >= 0.3 is 0 Å². The highest BCUT2D eigenvalue weighted by atomic mass is 32.2. The maximum atomic E-state index is 2.45. The summed E-state index contributed by atoms with van der Waals surface area (Å²) in [6, 6.07) is 0. The molecule has 1 fully saturated rings. The minimum atomic E-state index is 0.725. The minimum Gasteiger partial charge on any atom is -0.165 e. The van der Waals surface area contributed by atoms with E-state index in [-0.39, 0.29) is 0 Å². The van der Waals surface area contributed by atoms with Gasteiger partial charge in [0.1, 0.15) is 0 Å². The molecule has 0 radical (unpaired) electrons. The van der Waals surface area contributed by atoms with Crippen LogP contribution < -0.4 is 0 Å². The van der Waals surface area contributed by atoms with E-state index in [1.165, 1.54) is 37.9 Å². The second kappa shape index (κ2) is 3.66. The van der Waals surface area contributed by atoms with E-state index in [2.05, 4.69) is 13.2 Å². The van der Waals surface area contributed by atoms with Crippen LogP contribution in [-0.4, -0.2) is 12.0 Å². The highest BCUT2D eigenvalue weighted by Gasteiger charge is 2.27. The predicted molar refractivity (Wildman–Crippen MR) is 49.6 cm³/mol. The van der Waals surface area contributed by atoms with Gasteiger partial charge in [0, 0.05) is 0 Å². The Morgan fingerprint density at radius 2 is 1.90 bits per heavy atom. The van der Waals surface area contributed by atoms with Gasteiger partial charge in [-0.2, -0.15) is 11.8 Å². The average Bonchev–Trinajstić information content (AvgIpc) is 2.33. The Morgan fingerprint density at radius 1 is 1.30 bits per heavy atom. The zero-order chi connectivity index (χ0) is 7.45. The third-order valence-corrected chi connectivity index (χ3v) is 3.33. The number of rotatable bonds is 3. The maximum absolute atomic E-state index is 2.45. The molecule has 1 saturated carbocycles. The van der Waals surface area contributed by atoms with E-state index in [4.69, 9.17) is 0 Å². The molecule has 60 valence electrons. The highest BCUT2D eigenvalue weighted by Crippen LogP contribution is 2.40. The van der Waals surface area contributed by atoms with E-state index in [0.717, 1.165) is 5.41 Å². The van der Waals surface area contributed by atoms with Crippen molar-refractivity contribution in [2.24, 2.45) is 5.41 Å². The van der Waals surface area contributed by atoms with Crippen LogP contribution >= 0.6 is 11.8 Å². The summed E-state index contributed by atoms with van der Waals surface area (Å²) in [5.41, 5.74) is 0.725. The summed E-state index contributed by atoms with van der Waals surface area (Å²) in [6.07, 6.45) is 9.56. The molecule has 1 heteroatoms. The van der Waals surface area contributed by atoms with E-state index in [9.17, 15) is 0 Å². The lowest BCUT2D eigenvalue weighted by Gasteiger charge is -2.22. The molecule has 0 bridgehead atoms. The number of hydrogen-bond donors (Lipinski definition) is 0. The molecule has 0 aliphatic heterocycles. The maximum Gasteiger partial charge on any atom is -0.00651 e. The highest BCUT2D eigenvalue weighted by molar-refractivity contribution is 7.98. The molecule has 0 nitrogen and oxygen atoms in total. The third kappa shape index (κ3) is 2.19. The Kier molecular flexibility index (Phi) is 3.09. The smallest absolute Gasteiger partial charge is 0.00651 e. The summed E-state index contributed by atoms with van der Waals surface area (Å²) in [6.45, 7) is 2.45. The number of thioether (sulfide) groups is 1. The van der Waals surface area contributed by atoms with Crippen molar-refractivity contribution in [3.8, 4) is 0 Å². The first-order valence-corrected chi connectivity index (χ1v) is 5.65. The van der Waals surface area contributed by atoms with Gasteiger partial charge in [-0.1, -0.05) is 19.8 Å². The summed E-state index contributed by atoms with van der Waals surface area (Å²) in [5, 5.41) is 0. The van der Waals surface area contributed by atoms with Crippen molar-refractivity contribution in [1.82, 2.24) is 0 Å².